The number of pyridine rings is 1. The second-order valence-electron chi connectivity index (χ2n) is 8.24. The molecule has 0 saturated carbocycles. The van der Waals surface area contributed by atoms with E-state index in [1.807, 2.05) is 12.4 Å². The van der Waals surface area contributed by atoms with Crippen LogP contribution in [-0.4, -0.2) is 70.9 Å². The Bertz CT molecular complexity index is 639. The van der Waals surface area contributed by atoms with Gasteiger partial charge in [-0.05, 0) is 69.4 Å². The summed E-state index contributed by atoms with van der Waals surface area (Å²) in [7, 11) is 0. The average molecular weight is 369 g/mol. The van der Waals surface area contributed by atoms with E-state index in [1.54, 1.807) is 0 Å². The standard InChI is InChI=1S/C22H32N4O/c27-22(25-12-2-1-3-13-25)20-5-4-14-26(18-20)21-8-15-24(16-9-21)17-19-6-10-23-11-7-19/h1-2,6-7,10-11,20-21H,3-5,8-9,12-18H2. The fourth-order valence-electron chi connectivity index (χ4n) is 4.83. The number of amides is 1. The molecule has 4 rings (SSSR count). The number of rotatable bonds is 4. The summed E-state index contributed by atoms with van der Waals surface area (Å²) in [5, 5.41) is 0. The Hall–Kier alpha value is -1.72. The van der Waals surface area contributed by atoms with Crippen molar-refractivity contribution in [3.8, 4) is 0 Å². The number of nitrogens with zero attached hydrogens (tertiary/aromatic N) is 4. The quantitative estimate of drug-likeness (QED) is 0.766. The van der Waals surface area contributed by atoms with Crippen molar-refractivity contribution in [1.82, 2.24) is 19.7 Å². The summed E-state index contributed by atoms with van der Waals surface area (Å²) in [6, 6.07) is 4.88. The zero-order valence-corrected chi connectivity index (χ0v) is 16.3. The lowest BCUT2D eigenvalue weighted by atomic mass is 9.92. The largest absolute Gasteiger partial charge is 0.338 e. The van der Waals surface area contributed by atoms with Gasteiger partial charge < -0.3 is 4.90 Å². The molecule has 27 heavy (non-hydrogen) atoms. The first-order chi connectivity index (χ1) is 13.3. The molecule has 0 bridgehead atoms. The van der Waals surface area contributed by atoms with Gasteiger partial charge in [-0.25, -0.2) is 0 Å². The summed E-state index contributed by atoms with van der Waals surface area (Å²) < 4.78 is 0. The zero-order chi connectivity index (χ0) is 18.5. The van der Waals surface area contributed by atoms with Crippen molar-refractivity contribution >= 4 is 5.91 Å². The molecule has 0 radical (unpaired) electrons. The van der Waals surface area contributed by atoms with E-state index in [1.165, 1.54) is 24.9 Å². The summed E-state index contributed by atoms with van der Waals surface area (Å²) in [4.78, 5) is 24.2. The van der Waals surface area contributed by atoms with Crippen molar-refractivity contribution < 1.29 is 4.79 Å². The van der Waals surface area contributed by atoms with E-state index in [-0.39, 0.29) is 5.92 Å². The Labute approximate surface area is 163 Å². The van der Waals surface area contributed by atoms with Crippen LogP contribution in [0.4, 0.5) is 0 Å². The van der Waals surface area contributed by atoms with Crippen LogP contribution < -0.4 is 0 Å². The predicted molar refractivity (Wildman–Crippen MR) is 107 cm³/mol. The van der Waals surface area contributed by atoms with Gasteiger partial charge in [-0.1, -0.05) is 12.2 Å². The fourth-order valence-corrected chi connectivity index (χ4v) is 4.83. The molecular weight excluding hydrogens is 336 g/mol. The van der Waals surface area contributed by atoms with Crippen LogP contribution in [0.5, 0.6) is 0 Å². The smallest absolute Gasteiger partial charge is 0.227 e. The Balaban J connectivity index is 1.27. The van der Waals surface area contributed by atoms with Crippen molar-refractivity contribution in [2.24, 2.45) is 5.92 Å². The normalized spacial score (nSPS) is 25.6. The van der Waals surface area contributed by atoms with Crippen LogP contribution in [0, 0.1) is 5.92 Å². The number of carbonyl (C=O) groups is 1. The number of hydrogen-bond acceptors (Lipinski definition) is 4. The summed E-state index contributed by atoms with van der Waals surface area (Å²) in [6.45, 7) is 7.17. The maximum atomic E-state index is 12.9. The molecule has 3 aliphatic heterocycles. The van der Waals surface area contributed by atoms with Gasteiger partial charge in [-0.3, -0.25) is 19.6 Å². The molecule has 1 amide bonds. The first-order valence-corrected chi connectivity index (χ1v) is 10.6. The van der Waals surface area contributed by atoms with Gasteiger partial charge in [-0.15, -0.1) is 0 Å². The molecule has 1 aromatic rings. The van der Waals surface area contributed by atoms with Crippen molar-refractivity contribution in [1.29, 1.82) is 0 Å². The minimum absolute atomic E-state index is 0.208. The summed E-state index contributed by atoms with van der Waals surface area (Å²) >= 11 is 0. The molecule has 0 aliphatic carbocycles. The molecule has 0 N–H and O–H groups in total. The molecule has 0 aromatic carbocycles. The Morgan fingerprint density at radius 2 is 1.85 bits per heavy atom. The molecule has 5 heteroatoms. The minimum atomic E-state index is 0.208. The van der Waals surface area contributed by atoms with Crippen LogP contribution in [0.2, 0.25) is 0 Å². The van der Waals surface area contributed by atoms with Crippen molar-refractivity contribution in [2.45, 2.75) is 44.7 Å². The lowest BCUT2D eigenvalue weighted by Gasteiger charge is -2.42. The van der Waals surface area contributed by atoms with Crippen LogP contribution in [0.15, 0.2) is 36.7 Å². The number of piperidine rings is 2. The molecule has 0 spiro atoms. The highest BCUT2D eigenvalue weighted by Crippen LogP contribution is 2.26. The summed E-state index contributed by atoms with van der Waals surface area (Å²) in [6.07, 6.45) is 13.8. The molecule has 1 aromatic heterocycles. The number of likely N-dealkylation sites (tertiary alicyclic amines) is 2. The minimum Gasteiger partial charge on any atom is -0.338 e. The maximum absolute atomic E-state index is 12.9. The second-order valence-corrected chi connectivity index (χ2v) is 8.24. The topological polar surface area (TPSA) is 39.7 Å². The van der Waals surface area contributed by atoms with Gasteiger partial charge in [0.1, 0.15) is 0 Å². The highest BCUT2D eigenvalue weighted by atomic mass is 16.2. The Morgan fingerprint density at radius 3 is 2.59 bits per heavy atom. The molecule has 2 saturated heterocycles. The highest BCUT2D eigenvalue weighted by molar-refractivity contribution is 5.79. The van der Waals surface area contributed by atoms with Crippen molar-refractivity contribution in [3.05, 3.63) is 42.2 Å². The molecule has 1 unspecified atom stereocenters. The highest BCUT2D eigenvalue weighted by Gasteiger charge is 2.33. The van der Waals surface area contributed by atoms with Crippen LogP contribution in [-0.2, 0) is 11.3 Å². The van der Waals surface area contributed by atoms with Gasteiger partial charge in [0.15, 0.2) is 0 Å². The van der Waals surface area contributed by atoms with E-state index < -0.39 is 0 Å². The van der Waals surface area contributed by atoms with Gasteiger partial charge in [0.05, 0.1) is 5.92 Å². The van der Waals surface area contributed by atoms with Gasteiger partial charge in [0.2, 0.25) is 5.91 Å². The Morgan fingerprint density at radius 1 is 1.04 bits per heavy atom. The van der Waals surface area contributed by atoms with E-state index in [4.69, 9.17) is 0 Å². The van der Waals surface area contributed by atoms with Gasteiger partial charge in [0.25, 0.3) is 0 Å². The average Bonchev–Trinajstić information content (AvgIpc) is 2.75. The van der Waals surface area contributed by atoms with Crippen LogP contribution >= 0.6 is 0 Å². The predicted octanol–water partition coefficient (Wildman–Crippen LogP) is 2.55. The van der Waals surface area contributed by atoms with E-state index in [0.29, 0.717) is 11.9 Å². The lowest BCUT2D eigenvalue weighted by molar-refractivity contribution is -0.137. The molecule has 5 nitrogen and oxygen atoms in total. The number of hydrogen-bond donors (Lipinski definition) is 0. The first-order valence-electron chi connectivity index (χ1n) is 10.6. The first kappa shape index (κ1) is 18.6. The maximum Gasteiger partial charge on any atom is 0.227 e. The molecule has 1 atom stereocenters. The van der Waals surface area contributed by atoms with E-state index in [9.17, 15) is 4.79 Å². The molecule has 146 valence electrons. The SMILES string of the molecule is O=C(C1CCCN(C2CCN(Cc3ccncc3)CC2)C1)N1CC=CCC1. The lowest BCUT2D eigenvalue weighted by Crippen LogP contribution is -2.51. The van der Waals surface area contributed by atoms with Crippen LogP contribution in [0.25, 0.3) is 0 Å². The molecular formula is C22H32N4O. The van der Waals surface area contributed by atoms with Crippen molar-refractivity contribution in [3.63, 3.8) is 0 Å². The van der Waals surface area contributed by atoms with Gasteiger partial charge in [0, 0.05) is 44.6 Å². The third-order valence-corrected chi connectivity index (χ3v) is 6.40. The van der Waals surface area contributed by atoms with Gasteiger partial charge in [-0.2, -0.15) is 0 Å². The van der Waals surface area contributed by atoms with E-state index >= 15 is 0 Å². The zero-order valence-electron chi connectivity index (χ0n) is 16.3. The third kappa shape index (κ3) is 4.77. The Kier molecular flexibility index (Phi) is 6.20. The fraction of sp³-hybridized carbons (Fsp3) is 0.636. The summed E-state index contributed by atoms with van der Waals surface area (Å²) in [5.74, 6) is 0.597. The molecule has 2 fully saturated rings. The van der Waals surface area contributed by atoms with E-state index in [0.717, 1.165) is 58.5 Å². The molecule has 3 aliphatic rings. The third-order valence-electron chi connectivity index (χ3n) is 6.40. The van der Waals surface area contributed by atoms with Crippen LogP contribution in [0.1, 0.15) is 37.7 Å². The monoisotopic (exact) mass is 368 g/mol. The number of aromatic nitrogens is 1. The summed E-state index contributed by atoms with van der Waals surface area (Å²) in [5.41, 5.74) is 1.35. The van der Waals surface area contributed by atoms with Gasteiger partial charge >= 0.3 is 0 Å². The molecule has 4 heterocycles. The van der Waals surface area contributed by atoms with Crippen LogP contribution in [0.3, 0.4) is 0 Å². The number of carbonyl (C=O) groups excluding carboxylic acids is 1. The second kappa shape index (κ2) is 8.98. The van der Waals surface area contributed by atoms with Crippen molar-refractivity contribution in [2.75, 3.05) is 39.3 Å². The van der Waals surface area contributed by atoms with E-state index in [2.05, 4.69) is 44.0 Å².